The molecule has 1 N–H and O–H groups in total. The lowest BCUT2D eigenvalue weighted by atomic mass is 9.96. The number of aryl methyl sites for hydroxylation is 2. The number of aliphatic hydroxyl groups is 1. The van der Waals surface area contributed by atoms with E-state index in [1.54, 1.807) is 0 Å². The Hall–Kier alpha value is -0.860. The van der Waals surface area contributed by atoms with E-state index in [9.17, 15) is 5.11 Å². The van der Waals surface area contributed by atoms with Crippen LogP contribution in [0.1, 0.15) is 68.2 Å². The number of nitrogens with zero attached hydrogens (tertiary/aromatic N) is 1. The Labute approximate surface area is 130 Å². The van der Waals surface area contributed by atoms with E-state index in [1.807, 2.05) is 0 Å². The SMILES string of the molecule is CCCC1CCCCN1CCC(O)c1cc(C)cc(C)c1. The second kappa shape index (κ2) is 7.95. The molecule has 0 spiro atoms. The highest BCUT2D eigenvalue weighted by atomic mass is 16.3. The Bertz CT molecular complexity index is 421. The van der Waals surface area contributed by atoms with Crippen LogP contribution in [0.2, 0.25) is 0 Å². The minimum Gasteiger partial charge on any atom is -0.388 e. The molecule has 21 heavy (non-hydrogen) atoms. The van der Waals surface area contributed by atoms with Crippen molar-refractivity contribution in [2.24, 2.45) is 0 Å². The minimum atomic E-state index is -0.326. The first kappa shape index (κ1) is 16.5. The van der Waals surface area contributed by atoms with Crippen LogP contribution < -0.4 is 0 Å². The van der Waals surface area contributed by atoms with Gasteiger partial charge in [-0.05, 0) is 51.6 Å². The molecule has 1 saturated heterocycles. The lowest BCUT2D eigenvalue weighted by Crippen LogP contribution is -2.40. The molecule has 0 amide bonds. The summed E-state index contributed by atoms with van der Waals surface area (Å²) in [7, 11) is 0. The summed E-state index contributed by atoms with van der Waals surface area (Å²) in [6.07, 6.45) is 7.13. The molecule has 1 fully saturated rings. The molecule has 2 unspecified atom stereocenters. The van der Waals surface area contributed by atoms with Crippen molar-refractivity contribution in [3.05, 3.63) is 34.9 Å². The smallest absolute Gasteiger partial charge is 0.0802 e. The Morgan fingerprint density at radius 3 is 2.57 bits per heavy atom. The average molecular weight is 289 g/mol. The molecule has 2 heteroatoms. The van der Waals surface area contributed by atoms with Gasteiger partial charge in [-0.1, -0.05) is 49.1 Å². The van der Waals surface area contributed by atoms with Crippen molar-refractivity contribution in [3.8, 4) is 0 Å². The average Bonchev–Trinajstić information content (AvgIpc) is 2.45. The fraction of sp³-hybridized carbons (Fsp3) is 0.684. The van der Waals surface area contributed by atoms with E-state index in [0.29, 0.717) is 0 Å². The minimum absolute atomic E-state index is 0.326. The molecule has 2 rings (SSSR count). The van der Waals surface area contributed by atoms with Crippen LogP contribution in [0.15, 0.2) is 18.2 Å². The lowest BCUT2D eigenvalue weighted by Gasteiger charge is -2.36. The highest BCUT2D eigenvalue weighted by Crippen LogP contribution is 2.24. The number of piperidine rings is 1. The van der Waals surface area contributed by atoms with Crippen LogP contribution in [0.4, 0.5) is 0 Å². The van der Waals surface area contributed by atoms with Crippen LogP contribution >= 0.6 is 0 Å². The van der Waals surface area contributed by atoms with Crippen LogP contribution in [-0.2, 0) is 0 Å². The summed E-state index contributed by atoms with van der Waals surface area (Å²) in [6.45, 7) is 8.72. The molecule has 1 heterocycles. The summed E-state index contributed by atoms with van der Waals surface area (Å²) in [5.41, 5.74) is 3.56. The monoisotopic (exact) mass is 289 g/mol. The van der Waals surface area contributed by atoms with Gasteiger partial charge in [0.25, 0.3) is 0 Å². The summed E-state index contributed by atoms with van der Waals surface area (Å²) in [4.78, 5) is 2.61. The van der Waals surface area contributed by atoms with Crippen molar-refractivity contribution in [1.82, 2.24) is 4.90 Å². The van der Waals surface area contributed by atoms with Crippen molar-refractivity contribution in [3.63, 3.8) is 0 Å². The lowest BCUT2D eigenvalue weighted by molar-refractivity contribution is 0.0987. The molecule has 118 valence electrons. The fourth-order valence-electron chi connectivity index (χ4n) is 3.67. The Morgan fingerprint density at radius 2 is 1.90 bits per heavy atom. The molecule has 0 radical (unpaired) electrons. The van der Waals surface area contributed by atoms with Gasteiger partial charge in [-0.15, -0.1) is 0 Å². The van der Waals surface area contributed by atoms with Crippen molar-refractivity contribution in [2.45, 2.75) is 71.4 Å². The van der Waals surface area contributed by atoms with Gasteiger partial charge in [0.2, 0.25) is 0 Å². The number of hydrogen-bond donors (Lipinski definition) is 1. The molecule has 0 bridgehead atoms. The summed E-state index contributed by atoms with van der Waals surface area (Å²) in [6, 6.07) is 7.16. The van der Waals surface area contributed by atoms with Crippen molar-refractivity contribution in [2.75, 3.05) is 13.1 Å². The van der Waals surface area contributed by atoms with Gasteiger partial charge < -0.3 is 10.0 Å². The van der Waals surface area contributed by atoms with Crippen molar-refractivity contribution in [1.29, 1.82) is 0 Å². The van der Waals surface area contributed by atoms with Gasteiger partial charge >= 0.3 is 0 Å². The van der Waals surface area contributed by atoms with Crippen LogP contribution in [0.3, 0.4) is 0 Å². The zero-order valence-corrected chi connectivity index (χ0v) is 13.9. The van der Waals surface area contributed by atoms with E-state index in [2.05, 4.69) is 43.9 Å². The molecule has 0 aliphatic carbocycles. The number of aliphatic hydroxyl groups excluding tert-OH is 1. The Kier molecular flexibility index (Phi) is 6.25. The maximum atomic E-state index is 10.5. The molecular weight excluding hydrogens is 258 g/mol. The van der Waals surface area contributed by atoms with Crippen LogP contribution in [0.25, 0.3) is 0 Å². The third kappa shape index (κ3) is 4.82. The Balaban J connectivity index is 1.91. The van der Waals surface area contributed by atoms with Crippen molar-refractivity contribution < 1.29 is 5.11 Å². The molecular formula is C19H31NO. The standard InChI is InChI=1S/C19H31NO/c1-4-7-18-8-5-6-10-20(18)11-9-19(21)17-13-15(2)12-16(3)14-17/h12-14,18-19,21H,4-11H2,1-3H3. The quantitative estimate of drug-likeness (QED) is 0.840. The normalized spacial score (nSPS) is 21.4. The number of benzene rings is 1. The predicted molar refractivity (Wildman–Crippen MR) is 89.6 cm³/mol. The van der Waals surface area contributed by atoms with E-state index in [0.717, 1.165) is 24.6 Å². The fourth-order valence-corrected chi connectivity index (χ4v) is 3.67. The van der Waals surface area contributed by atoms with Gasteiger partial charge in [-0.2, -0.15) is 0 Å². The van der Waals surface area contributed by atoms with Gasteiger partial charge in [0.1, 0.15) is 0 Å². The largest absolute Gasteiger partial charge is 0.388 e. The molecule has 1 aliphatic rings. The first-order valence-corrected chi connectivity index (χ1v) is 8.60. The number of rotatable bonds is 6. The summed E-state index contributed by atoms with van der Waals surface area (Å²) in [5, 5.41) is 10.5. The molecule has 2 nitrogen and oxygen atoms in total. The topological polar surface area (TPSA) is 23.5 Å². The number of hydrogen-bond acceptors (Lipinski definition) is 2. The van der Waals surface area contributed by atoms with Gasteiger partial charge in [0.15, 0.2) is 0 Å². The first-order chi connectivity index (χ1) is 10.1. The molecule has 0 aromatic heterocycles. The van der Waals surface area contributed by atoms with E-state index in [1.165, 1.54) is 49.8 Å². The zero-order chi connectivity index (χ0) is 15.2. The molecule has 1 aromatic carbocycles. The first-order valence-electron chi connectivity index (χ1n) is 8.60. The summed E-state index contributed by atoms with van der Waals surface area (Å²) in [5.74, 6) is 0. The third-order valence-corrected chi connectivity index (χ3v) is 4.69. The summed E-state index contributed by atoms with van der Waals surface area (Å²) >= 11 is 0. The zero-order valence-electron chi connectivity index (χ0n) is 13.9. The molecule has 1 aromatic rings. The maximum absolute atomic E-state index is 10.5. The van der Waals surface area contributed by atoms with E-state index >= 15 is 0 Å². The van der Waals surface area contributed by atoms with Gasteiger partial charge in [0.05, 0.1) is 6.10 Å². The van der Waals surface area contributed by atoms with Gasteiger partial charge in [-0.25, -0.2) is 0 Å². The highest BCUT2D eigenvalue weighted by Gasteiger charge is 2.22. The van der Waals surface area contributed by atoms with E-state index < -0.39 is 0 Å². The predicted octanol–water partition coefficient (Wildman–Crippen LogP) is 4.38. The van der Waals surface area contributed by atoms with Crippen LogP contribution in [-0.4, -0.2) is 29.1 Å². The Morgan fingerprint density at radius 1 is 1.19 bits per heavy atom. The van der Waals surface area contributed by atoms with E-state index in [-0.39, 0.29) is 6.10 Å². The molecule has 1 aliphatic heterocycles. The van der Waals surface area contributed by atoms with Crippen LogP contribution in [0.5, 0.6) is 0 Å². The summed E-state index contributed by atoms with van der Waals surface area (Å²) < 4.78 is 0. The highest BCUT2D eigenvalue weighted by molar-refractivity contribution is 5.29. The van der Waals surface area contributed by atoms with Crippen molar-refractivity contribution >= 4 is 0 Å². The second-order valence-corrected chi connectivity index (χ2v) is 6.70. The third-order valence-electron chi connectivity index (χ3n) is 4.69. The van der Waals surface area contributed by atoms with Gasteiger partial charge in [0, 0.05) is 12.6 Å². The van der Waals surface area contributed by atoms with E-state index in [4.69, 9.17) is 0 Å². The number of likely N-dealkylation sites (tertiary alicyclic amines) is 1. The van der Waals surface area contributed by atoms with Gasteiger partial charge in [-0.3, -0.25) is 0 Å². The maximum Gasteiger partial charge on any atom is 0.0802 e. The second-order valence-electron chi connectivity index (χ2n) is 6.70. The van der Waals surface area contributed by atoms with Crippen LogP contribution in [0, 0.1) is 13.8 Å². The molecule has 2 atom stereocenters. The molecule has 0 saturated carbocycles.